The fraction of sp³-hybridized carbons (Fsp3) is 0.0769. The zero-order valence-corrected chi connectivity index (χ0v) is 12.7. The predicted octanol–water partition coefficient (Wildman–Crippen LogP) is 3.20. The third-order valence-corrected chi connectivity index (χ3v) is 3.90. The fourth-order valence-electron chi connectivity index (χ4n) is 2.23. The van der Waals surface area contributed by atoms with E-state index in [-0.39, 0.29) is 20.1 Å². The second-order valence-corrected chi connectivity index (χ2v) is 5.17. The van der Waals surface area contributed by atoms with Crippen molar-refractivity contribution < 1.29 is 20.1 Å². The van der Waals surface area contributed by atoms with E-state index in [9.17, 15) is 0 Å². The summed E-state index contributed by atoms with van der Waals surface area (Å²) in [7, 11) is 0. The predicted molar refractivity (Wildman–Crippen MR) is 69.4 cm³/mol. The van der Waals surface area contributed by atoms with Gasteiger partial charge < -0.3 is 4.40 Å². The van der Waals surface area contributed by atoms with Gasteiger partial charge in [-0.15, -0.1) is 35.6 Å². The van der Waals surface area contributed by atoms with Crippen LogP contribution < -0.4 is 0 Å². The van der Waals surface area contributed by atoms with Crippen LogP contribution in [0.15, 0.2) is 30.6 Å². The minimum Gasteiger partial charge on any atom is -0.324 e. The number of benzene rings is 1. The minimum absolute atomic E-state index is 0. The third-order valence-electron chi connectivity index (χ3n) is 2.91. The molecule has 0 spiro atoms. The molecule has 4 aromatic rings. The summed E-state index contributed by atoms with van der Waals surface area (Å²) < 4.78 is 3.25. The average Bonchev–Trinajstić information content (AvgIpc) is 2.94. The van der Waals surface area contributed by atoms with Gasteiger partial charge in [-0.1, -0.05) is 10.8 Å². The molecule has 91 valence electrons. The smallest absolute Gasteiger partial charge is 0.139 e. The Kier molecular flexibility index (Phi) is 2.70. The zero-order valence-electron chi connectivity index (χ0n) is 9.47. The van der Waals surface area contributed by atoms with Crippen molar-refractivity contribution in [2.24, 2.45) is 0 Å². The normalized spacial score (nSPS) is 11.2. The second-order valence-electron chi connectivity index (χ2n) is 3.97. The van der Waals surface area contributed by atoms with E-state index in [2.05, 4.69) is 22.1 Å². The van der Waals surface area contributed by atoms with Gasteiger partial charge >= 0.3 is 0 Å². The number of rotatable bonds is 0. The van der Waals surface area contributed by atoms with Gasteiger partial charge in [0, 0.05) is 37.2 Å². The number of hydrogen-bond donors (Lipinski definition) is 0. The molecule has 0 N–H and O–H groups in total. The Morgan fingerprint density at radius 3 is 3.11 bits per heavy atom. The van der Waals surface area contributed by atoms with Gasteiger partial charge in [0.25, 0.3) is 0 Å². The first-order valence-electron chi connectivity index (χ1n) is 5.37. The van der Waals surface area contributed by atoms with Crippen molar-refractivity contribution in [3.8, 4) is 0 Å². The molecule has 3 heterocycles. The van der Waals surface area contributed by atoms with Crippen molar-refractivity contribution in [3.63, 3.8) is 0 Å². The Morgan fingerprint density at radius 1 is 1.33 bits per heavy atom. The van der Waals surface area contributed by atoms with Crippen LogP contribution in [-0.4, -0.2) is 14.4 Å². The molecule has 0 saturated heterocycles. The zero-order chi connectivity index (χ0) is 11.4. The van der Waals surface area contributed by atoms with E-state index in [4.69, 9.17) is 0 Å². The largest absolute Gasteiger partial charge is 0.324 e. The van der Waals surface area contributed by atoms with Crippen molar-refractivity contribution >= 4 is 38.1 Å². The van der Waals surface area contributed by atoms with Gasteiger partial charge in [-0.2, -0.15) is 0 Å². The molecule has 1 radical (unpaired) electrons. The Bertz CT molecular complexity index is 862. The average molecular weight is 431 g/mol. The quantitative estimate of drug-likeness (QED) is 0.401. The summed E-state index contributed by atoms with van der Waals surface area (Å²) in [6, 6.07) is 9.33. The molecule has 0 fully saturated rings. The SMILES string of the molecule is Cc1nc2c(s1)c1ccc[c-]c1c1nccn12.[Ir]. The topological polar surface area (TPSA) is 30.2 Å². The number of nitrogens with zero attached hydrogens (tertiary/aromatic N) is 3. The summed E-state index contributed by atoms with van der Waals surface area (Å²) in [5.74, 6) is 0. The Hall–Kier alpha value is -1.29. The number of imidazole rings is 1. The van der Waals surface area contributed by atoms with Gasteiger partial charge in [0.05, 0.1) is 10.7 Å². The molecule has 0 saturated carbocycles. The van der Waals surface area contributed by atoms with E-state index in [1.165, 1.54) is 10.1 Å². The molecular weight excluding hydrogens is 422 g/mol. The molecule has 5 heteroatoms. The maximum absolute atomic E-state index is 4.59. The van der Waals surface area contributed by atoms with Crippen LogP contribution in [0.1, 0.15) is 5.01 Å². The monoisotopic (exact) mass is 431 g/mol. The summed E-state index contributed by atoms with van der Waals surface area (Å²) in [6.07, 6.45) is 3.76. The van der Waals surface area contributed by atoms with Crippen LogP contribution in [0.3, 0.4) is 0 Å². The first-order chi connectivity index (χ1) is 8.34. The molecule has 4 rings (SSSR count). The molecule has 1 aromatic carbocycles. The van der Waals surface area contributed by atoms with E-state index in [1.807, 2.05) is 35.9 Å². The van der Waals surface area contributed by atoms with E-state index in [0.717, 1.165) is 21.7 Å². The summed E-state index contributed by atoms with van der Waals surface area (Å²) >= 11 is 1.72. The Labute approximate surface area is 121 Å². The van der Waals surface area contributed by atoms with Crippen LogP contribution >= 0.6 is 11.3 Å². The molecule has 18 heavy (non-hydrogen) atoms. The number of thiazole rings is 1. The molecule has 3 aromatic heterocycles. The van der Waals surface area contributed by atoms with Crippen molar-refractivity contribution in [3.05, 3.63) is 41.7 Å². The van der Waals surface area contributed by atoms with Crippen LogP contribution in [0, 0.1) is 13.0 Å². The van der Waals surface area contributed by atoms with Gasteiger partial charge in [0.1, 0.15) is 5.65 Å². The maximum atomic E-state index is 4.59. The van der Waals surface area contributed by atoms with Crippen molar-refractivity contribution in [2.75, 3.05) is 0 Å². The second kappa shape index (κ2) is 4.12. The van der Waals surface area contributed by atoms with Crippen LogP contribution in [-0.2, 0) is 20.1 Å². The van der Waals surface area contributed by atoms with Gasteiger partial charge in [-0.3, -0.25) is 4.98 Å². The Morgan fingerprint density at radius 2 is 2.22 bits per heavy atom. The number of aromatic nitrogens is 3. The first kappa shape index (κ1) is 11.8. The fourth-order valence-corrected chi connectivity index (χ4v) is 3.17. The summed E-state index contributed by atoms with van der Waals surface area (Å²) in [6.45, 7) is 2.03. The molecule has 0 amide bonds. The molecule has 0 atom stereocenters. The first-order valence-corrected chi connectivity index (χ1v) is 6.19. The number of hydrogen-bond acceptors (Lipinski definition) is 3. The van der Waals surface area contributed by atoms with Gasteiger partial charge in [-0.05, 0) is 6.92 Å². The number of pyridine rings is 1. The number of fused-ring (bicyclic) bond motifs is 6. The van der Waals surface area contributed by atoms with Gasteiger partial charge in [0.2, 0.25) is 0 Å². The third kappa shape index (κ3) is 1.45. The molecule has 0 aliphatic rings. The summed E-state index contributed by atoms with van der Waals surface area (Å²) in [5, 5.41) is 3.33. The Balaban J connectivity index is 0.000001000. The molecular formula is C13H8IrN3S-. The molecule has 0 aliphatic heterocycles. The van der Waals surface area contributed by atoms with Crippen molar-refractivity contribution in [1.29, 1.82) is 0 Å². The van der Waals surface area contributed by atoms with Crippen LogP contribution in [0.25, 0.3) is 26.8 Å². The van der Waals surface area contributed by atoms with Crippen molar-refractivity contribution in [2.45, 2.75) is 6.92 Å². The van der Waals surface area contributed by atoms with Crippen LogP contribution in [0.5, 0.6) is 0 Å². The molecule has 0 aliphatic carbocycles. The molecule has 0 unspecified atom stereocenters. The standard InChI is InChI=1S/C13H8N3S.Ir/c1-8-15-13-11(17-8)9-4-2-3-5-10(9)12-14-6-7-16(12)13;/h2-4,6-7H,1H3;/q-1;. The van der Waals surface area contributed by atoms with Crippen LogP contribution in [0.2, 0.25) is 0 Å². The van der Waals surface area contributed by atoms with E-state index in [1.54, 1.807) is 11.3 Å². The summed E-state index contributed by atoms with van der Waals surface area (Å²) in [4.78, 5) is 8.99. The minimum atomic E-state index is 0. The van der Waals surface area contributed by atoms with E-state index >= 15 is 0 Å². The van der Waals surface area contributed by atoms with E-state index in [0.29, 0.717) is 0 Å². The van der Waals surface area contributed by atoms with Crippen LogP contribution in [0.4, 0.5) is 0 Å². The van der Waals surface area contributed by atoms with Crippen molar-refractivity contribution in [1.82, 2.24) is 14.4 Å². The molecule has 3 nitrogen and oxygen atoms in total. The van der Waals surface area contributed by atoms with Gasteiger partial charge in [-0.25, -0.2) is 4.98 Å². The van der Waals surface area contributed by atoms with Gasteiger partial charge in [0.15, 0.2) is 0 Å². The molecule has 0 bridgehead atoms. The maximum Gasteiger partial charge on any atom is 0.139 e. The summed E-state index contributed by atoms with van der Waals surface area (Å²) in [5.41, 5.74) is 1.92. The van der Waals surface area contributed by atoms with E-state index < -0.39 is 0 Å². The number of aryl methyl sites for hydroxylation is 1.